The minimum absolute atomic E-state index is 0.0211. The molecule has 0 spiro atoms. The second kappa shape index (κ2) is 6.69. The largest absolute Gasteiger partial charge is 0.306 e. The Bertz CT molecular complexity index is 891. The van der Waals surface area contributed by atoms with E-state index in [0.29, 0.717) is 5.69 Å². The van der Waals surface area contributed by atoms with Crippen LogP contribution >= 0.6 is 0 Å². The monoisotopic (exact) mass is 344 g/mol. The molecule has 0 saturated heterocycles. The SMILES string of the molecule is O=[N+]([O-])c1ccc(-c2cncn2-c2ccc(CS(=O)O)nc2)cc1. The third-order valence-electron chi connectivity index (χ3n) is 3.37. The maximum absolute atomic E-state index is 10.8. The minimum atomic E-state index is -1.94. The Kier molecular flexibility index (Phi) is 4.45. The molecule has 3 aromatic rings. The normalized spacial score (nSPS) is 12.0. The topological polar surface area (TPSA) is 111 Å². The van der Waals surface area contributed by atoms with Crippen LogP contribution < -0.4 is 0 Å². The number of hydrogen-bond acceptors (Lipinski definition) is 5. The second-order valence-corrected chi connectivity index (χ2v) is 5.86. The molecule has 1 aromatic carbocycles. The lowest BCUT2D eigenvalue weighted by molar-refractivity contribution is -0.384. The smallest absolute Gasteiger partial charge is 0.269 e. The molecule has 0 aliphatic carbocycles. The fraction of sp³-hybridized carbons (Fsp3) is 0.0667. The van der Waals surface area contributed by atoms with Crippen molar-refractivity contribution in [2.75, 3.05) is 0 Å². The zero-order valence-electron chi connectivity index (χ0n) is 12.3. The number of imidazole rings is 1. The van der Waals surface area contributed by atoms with E-state index in [9.17, 15) is 14.3 Å². The minimum Gasteiger partial charge on any atom is -0.306 e. The van der Waals surface area contributed by atoms with E-state index in [2.05, 4.69) is 9.97 Å². The molecule has 0 aliphatic rings. The van der Waals surface area contributed by atoms with Crippen molar-refractivity contribution in [1.29, 1.82) is 0 Å². The fourth-order valence-corrected chi connectivity index (χ4v) is 2.66. The van der Waals surface area contributed by atoms with Gasteiger partial charge in [-0.05, 0) is 24.3 Å². The number of nitrogens with zero attached hydrogens (tertiary/aromatic N) is 4. The molecule has 1 unspecified atom stereocenters. The van der Waals surface area contributed by atoms with E-state index in [4.69, 9.17) is 4.55 Å². The van der Waals surface area contributed by atoms with Gasteiger partial charge in [0, 0.05) is 17.7 Å². The molecule has 2 heterocycles. The predicted molar refractivity (Wildman–Crippen MR) is 87.9 cm³/mol. The van der Waals surface area contributed by atoms with Crippen LogP contribution in [0.15, 0.2) is 55.1 Å². The first kappa shape index (κ1) is 16.0. The summed E-state index contributed by atoms with van der Waals surface area (Å²) >= 11 is -1.94. The Morgan fingerprint density at radius 1 is 1.17 bits per heavy atom. The van der Waals surface area contributed by atoms with Crippen molar-refractivity contribution >= 4 is 16.8 Å². The first-order valence-electron chi connectivity index (χ1n) is 6.84. The van der Waals surface area contributed by atoms with Crippen LogP contribution in [0.1, 0.15) is 5.69 Å². The fourth-order valence-electron chi connectivity index (χ4n) is 2.24. The first-order valence-corrected chi connectivity index (χ1v) is 8.12. The van der Waals surface area contributed by atoms with Gasteiger partial charge < -0.3 is 4.55 Å². The summed E-state index contributed by atoms with van der Waals surface area (Å²) in [6.07, 6.45) is 4.84. The maximum Gasteiger partial charge on any atom is 0.269 e. The average Bonchev–Trinajstić information content (AvgIpc) is 3.04. The molecule has 24 heavy (non-hydrogen) atoms. The van der Waals surface area contributed by atoms with E-state index in [1.165, 1.54) is 12.1 Å². The van der Waals surface area contributed by atoms with Crippen LogP contribution in [0.3, 0.4) is 0 Å². The van der Waals surface area contributed by atoms with Gasteiger partial charge in [-0.3, -0.25) is 19.7 Å². The number of nitro groups is 1. The Labute approximate surface area is 139 Å². The highest BCUT2D eigenvalue weighted by molar-refractivity contribution is 7.78. The van der Waals surface area contributed by atoms with Crippen LogP contribution in [0.25, 0.3) is 16.9 Å². The van der Waals surface area contributed by atoms with Gasteiger partial charge in [0.05, 0.1) is 46.5 Å². The molecule has 0 bridgehead atoms. The summed E-state index contributed by atoms with van der Waals surface area (Å²) in [5.41, 5.74) is 2.79. The summed E-state index contributed by atoms with van der Waals surface area (Å²) in [5, 5.41) is 10.7. The van der Waals surface area contributed by atoms with Crippen LogP contribution in [0.5, 0.6) is 0 Å². The van der Waals surface area contributed by atoms with Gasteiger partial charge in [0.25, 0.3) is 5.69 Å². The molecule has 1 N–H and O–H groups in total. The van der Waals surface area contributed by atoms with Gasteiger partial charge in [0.1, 0.15) is 0 Å². The average molecular weight is 344 g/mol. The van der Waals surface area contributed by atoms with Gasteiger partial charge >= 0.3 is 0 Å². The first-order chi connectivity index (χ1) is 11.5. The van der Waals surface area contributed by atoms with E-state index < -0.39 is 16.0 Å². The van der Waals surface area contributed by atoms with Gasteiger partial charge in [0.15, 0.2) is 11.1 Å². The number of hydrogen-bond donors (Lipinski definition) is 1. The van der Waals surface area contributed by atoms with Gasteiger partial charge in [0.2, 0.25) is 0 Å². The van der Waals surface area contributed by atoms with Crippen molar-refractivity contribution in [1.82, 2.24) is 14.5 Å². The van der Waals surface area contributed by atoms with Gasteiger partial charge in [-0.25, -0.2) is 9.19 Å². The van der Waals surface area contributed by atoms with Crippen LogP contribution in [0, 0.1) is 10.1 Å². The van der Waals surface area contributed by atoms with E-state index in [1.807, 2.05) is 0 Å². The summed E-state index contributed by atoms with van der Waals surface area (Å²) in [7, 11) is 0. The summed E-state index contributed by atoms with van der Waals surface area (Å²) < 4.78 is 21.5. The van der Waals surface area contributed by atoms with Crippen molar-refractivity contribution in [3.63, 3.8) is 0 Å². The summed E-state index contributed by atoms with van der Waals surface area (Å²) in [6, 6.07) is 9.62. The third-order valence-corrected chi connectivity index (χ3v) is 3.91. The summed E-state index contributed by atoms with van der Waals surface area (Å²) in [5.74, 6) is -0.0284. The van der Waals surface area contributed by atoms with Crippen molar-refractivity contribution in [3.8, 4) is 16.9 Å². The van der Waals surface area contributed by atoms with E-state index >= 15 is 0 Å². The number of rotatable bonds is 5. The molecule has 9 heteroatoms. The Balaban J connectivity index is 1.92. The highest BCUT2D eigenvalue weighted by Gasteiger charge is 2.10. The molecule has 0 fully saturated rings. The maximum atomic E-state index is 10.8. The van der Waals surface area contributed by atoms with Crippen LogP contribution in [0.4, 0.5) is 5.69 Å². The highest BCUT2D eigenvalue weighted by Crippen LogP contribution is 2.24. The third kappa shape index (κ3) is 3.36. The number of pyridine rings is 1. The molecular weight excluding hydrogens is 332 g/mol. The van der Waals surface area contributed by atoms with E-state index in [-0.39, 0.29) is 11.4 Å². The molecular formula is C15H12N4O4S. The zero-order valence-corrected chi connectivity index (χ0v) is 13.1. The number of aromatic nitrogens is 3. The lowest BCUT2D eigenvalue weighted by Crippen LogP contribution is -2.00. The molecule has 2 aromatic heterocycles. The molecule has 0 saturated carbocycles. The molecule has 8 nitrogen and oxygen atoms in total. The molecule has 0 amide bonds. The standard InChI is InChI=1S/C15H12N4O4S/c20-19(21)13-4-1-11(2-5-13)15-8-16-10-18(15)14-6-3-12(17-7-14)9-24(22)23/h1-8,10H,9H2,(H,22,23). The van der Waals surface area contributed by atoms with E-state index in [1.54, 1.807) is 47.6 Å². The van der Waals surface area contributed by atoms with Crippen molar-refractivity contribution in [2.45, 2.75) is 5.75 Å². The van der Waals surface area contributed by atoms with E-state index in [0.717, 1.165) is 16.9 Å². The molecule has 1 atom stereocenters. The highest BCUT2D eigenvalue weighted by atomic mass is 32.2. The van der Waals surface area contributed by atoms with Gasteiger partial charge in [-0.15, -0.1) is 0 Å². The van der Waals surface area contributed by atoms with Crippen molar-refractivity contribution < 1.29 is 13.7 Å². The second-order valence-electron chi connectivity index (χ2n) is 4.93. The Hall–Kier alpha value is -2.91. The van der Waals surface area contributed by atoms with Crippen molar-refractivity contribution in [2.24, 2.45) is 0 Å². The van der Waals surface area contributed by atoms with Gasteiger partial charge in [-0.1, -0.05) is 0 Å². The quantitative estimate of drug-likeness (QED) is 0.432. The van der Waals surface area contributed by atoms with Crippen molar-refractivity contribution in [3.05, 3.63) is 70.9 Å². The summed E-state index contributed by atoms with van der Waals surface area (Å²) in [4.78, 5) is 18.6. The molecule has 0 aliphatic heterocycles. The predicted octanol–water partition coefficient (Wildman–Crippen LogP) is 2.56. The lowest BCUT2D eigenvalue weighted by atomic mass is 10.1. The number of benzene rings is 1. The molecule has 3 rings (SSSR count). The Morgan fingerprint density at radius 2 is 1.92 bits per heavy atom. The van der Waals surface area contributed by atoms with Gasteiger partial charge in [-0.2, -0.15) is 0 Å². The van der Waals surface area contributed by atoms with Crippen LogP contribution in [0.2, 0.25) is 0 Å². The van der Waals surface area contributed by atoms with Crippen LogP contribution in [-0.2, 0) is 16.8 Å². The Morgan fingerprint density at radius 3 is 2.50 bits per heavy atom. The number of nitro benzene ring substituents is 1. The lowest BCUT2D eigenvalue weighted by Gasteiger charge is -2.08. The summed E-state index contributed by atoms with van der Waals surface area (Å²) in [6.45, 7) is 0. The van der Waals surface area contributed by atoms with Crippen LogP contribution in [-0.4, -0.2) is 28.2 Å². The zero-order chi connectivity index (χ0) is 17.1. The molecule has 0 radical (unpaired) electrons. The molecule has 122 valence electrons. The number of non-ortho nitro benzene ring substituents is 1.